The van der Waals surface area contributed by atoms with Crippen LogP contribution in [-0.2, 0) is 4.79 Å². The SMILES string of the molecule is Cc1cccc(NC(=O)CNCC2CC2)c1C. The van der Waals surface area contributed by atoms with E-state index in [0.717, 1.165) is 23.7 Å². The predicted octanol–water partition coefficient (Wildman–Crippen LogP) is 2.24. The number of rotatable bonds is 5. The normalized spacial score (nSPS) is 14.7. The van der Waals surface area contributed by atoms with Crippen molar-refractivity contribution in [3.63, 3.8) is 0 Å². The Morgan fingerprint density at radius 2 is 2.12 bits per heavy atom. The molecular weight excluding hydrogens is 212 g/mol. The minimum atomic E-state index is 0.0411. The Bertz CT molecular complexity index is 411. The quantitative estimate of drug-likeness (QED) is 0.817. The van der Waals surface area contributed by atoms with E-state index in [1.54, 1.807) is 0 Å². The van der Waals surface area contributed by atoms with Crippen molar-refractivity contribution in [1.82, 2.24) is 5.32 Å². The highest BCUT2D eigenvalue weighted by Gasteiger charge is 2.20. The first kappa shape index (κ1) is 12.1. The standard InChI is InChI=1S/C14H20N2O/c1-10-4-3-5-13(11(10)2)16-14(17)9-15-8-12-6-7-12/h3-5,12,15H,6-9H2,1-2H3,(H,16,17). The van der Waals surface area contributed by atoms with Crippen molar-refractivity contribution in [3.05, 3.63) is 29.3 Å². The summed E-state index contributed by atoms with van der Waals surface area (Å²) < 4.78 is 0. The second kappa shape index (κ2) is 5.32. The van der Waals surface area contributed by atoms with Crippen molar-refractivity contribution < 1.29 is 4.79 Å². The van der Waals surface area contributed by atoms with Crippen molar-refractivity contribution >= 4 is 11.6 Å². The molecule has 1 aliphatic carbocycles. The van der Waals surface area contributed by atoms with Crippen LogP contribution in [-0.4, -0.2) is 19.0 Å². The lowest BCUT2D eigenvalue weighted by Gasteiger charge is -2.10. The van der Waals surface area contributed by atoms with Gasteiger partial charge in [0.1, 0.15) is 0 Å². The Morgan fingerprint density at radius 1 is 1.35 bits per heavy atom. The van der Waals surface area contributed by atoms with E-state index in [1.807, 2.05) is 19.1 Å². The van der Waals surface area contributed by atoms with Crippen LogP contribution in [0.5, 0.6) is 0 Å². The van der Waals surface area contributed by atoms with Gasteiger partial charge < -0.3 is 10.6 Å². The molecule has 1 fully saturated rings. The van der Waals surface area contributed by atoms with Gasteiger partial charge in [-0.2, -0.15) is 0 Å². The van der Waals surface area contributed by atoms with Gasteiger partial charge in [-0.05, 0) is 56.3 Å². The maximum absolute atomic E-state index is 11.7. The maximum atomic E-state index is 11.7. The Balaban J connectivity index is 1.82. The molecule has 3 heteroatoms. The minimum absolute atomic E-state index is 0.0411. The van der Waals surface area contributed by atoms with Crippen LogP contribution in [0, 0.1) is 19.8 Å². The third-order valence-corrected chi connectivity index (χ3v) is 3.29. The number of hydrogen-bond donors (Lipinski definition) is 2. The van der Waals surface area contributed by atoms with E-state index < -0.39 is 0 Å². The van der Waals surface area contributed by atoms with E-state index in [1.165, 1.54) is 18.4 Å². The molecule has 1 saturated carbocycles. The number of anilines is 1. The first-order chi connectivity index (χ1) is 8.16. The largest absolute Gasteiger partial charge is 0.325 e. The number of hydrogen-bond acceptors (Lipinski definition) is 2. The number of aryl methyl sites for hydroxylation is 1. The summed E-state index contributed by atoms with van der Waals surface area (Å²) in [6.07, 6.45) is 2.62. The van der Waals surface area contributed by atoms with E-state index in [0.29, 0.717) is 6.54 Å². The molecule has 1 amide bonds. The fourth-order valence-electron chi connectivity index (χ4n) is 1.79. The van der Waals surface area contributed by atoms with Crippen molar-refractivity contribution in [2.75, 3.05) is 18.4 Å². The summed E-state index contributed by atoms with van der Waals surface area (Å²) in [5.74, 6) is 0.850. The lowest BCUT2D eigenvalue weighted by Crippen LogP contribution is -2.29. The molecular formula is C14H20N2O. The van der Waals surface area contributed by atoms with Crippen LogP contribution in [0.3, 0.4) is 0 Å². The van der Waals surface area contributed by atoms with Crippen LogP contribution in [0.15, 0.2) is 18.2 Å². The number of amides is 1. The molecule has 0 spiro atoms. The highest BCUT2D eigenvalue weighted by atomic mass is 16.1. The molecule has 2 N–H and O–H groups in total. The number of carbonyl (C=O) groups excluding carboxylic acids is 1. The highest BCUT2D eigenvalue weighted by molar-refractivity contribution is 5.93. The Labute approximate surface area is 103 Å². The van der Waals surface area contributed by atoms with Crippen molar-refractivity contribution in [2.45, 2.75) is 26.7 Å². The zero-order valence-electron chi connectivity index (χ0n) is 10.5. The summed E-state index contributed by atoms with van der Waals surface area (Å²) in [4.78, 5) is 11.7. The average Bonchev–Trinajstić information content (AvgIpc) is 3.09. The number of nitrogens with one attached hydrogen (secondary N) is 2. The lowest BCUT2D eigenvalue weighted by atomic mass is 10.1. The van der Waals surface area contributed by atoms with Gasteiger partial charge in [-0.15, -0.1) is 0 Å². The molecule has 92 valence electrons. The van der Waals surface area contributed by atoms with Gasteiger partial charge in [0.25, 0.3) is 0 Å². The van der Waals surface area contributed by atoms with Gasteiger partial charge in [0.15, 0.2) is 0 Å². The van der Waals surface area contributed by atoms with E-state index in [-0.39, 0.29) is 5.91 Å². The van der Waals surface area contributed by atoms with Crippen LogP contribution in [0.2, 0.25) is 0 Å². The maximum Gasteiger partial charge on any atom is 0.238 e. The zero-order chi connectivity index (χ0) is 12.3. The van der Waals surface area contributed by atoms with Gasteiger partial charge in [-0.25, -0.2) is 0 Å². The highest BCUT2D eigenvalue weighted by Crippen LogP contribution is 2.27. The topological polar surface area (TPSA) is 41.1 Å². The zero-order valence-corrected chi connectivity index (χ0v) is 10.5. The number of carbonyl (C=O) groups is 1. The average molecular weight is 232 g/mol. The molecule has 1 aromatic rings. The second-order valence-corrected chi connectivity index (χ2v) is 4.87. The van der Waals surface area contributed by atoms with Crippen LogP contribution >= 0.6 is 0 Å². The molecule has 0 bridgehead atoms. The molecule has 17 heavy (non-hydrogen) atoms. The van der Waals surface area contributed by atoms with Crippen LogP contribution in [0.1, 0.15) is 24.0 Å². The van der Waals surface area contributed by atoms with Gasteiger partial charge in [0.2, 0.25) is 5.91 Å². The molecule has 0 saturated heterocycles. The summed E-state index contributed by atoms with van der Waals surface area (Å²) in [5.41, 5.74) is 3.26. The Morgan fingerprint density at radius 3 is 2.82 bits per heavy atom. The third kappa shape index (κ3) is 3.56. The fourth-order valence-corrected chi connectivity index (χ4v) is 1.79. The van der Waals surface area contributed by atoms with Crippen molar-refractivity contribution in [2.24, 2.45) is 5.92 Å². The molecule has 0 aliphatic heterocycles. The lowest BCUT2D eigenvalue weighted by molar-refractivity contribution is -0.115. The molecule has 0 radical (unpaired) electrons. The van der Waals surface area contributed by atoms with Crippen molar-refractivity contribution in [1.29, 1.82) is 0 Å². The monoisotopic (exact) mass is 232 g/mol. The summed E-state index contributed by atoms with van der Waals surface area (Å²) in [6, 6.07) is 5.97. The first-order valence-electron chi connectivity index (χ1n) is 6.23. The molecule has 3 nitrogen and oxygen atoms in total. The molecule has 0 aromatic heterocycles. The van der Waals surface area contributed by atoms with Gasteiger partial charge >= 0.3 is 0 Å². The van der Waals surface area contributed by atoms with Crippen molar-refractivity contribution in [3.8, 4) is 0 Å². The number of benzene rings is 1. The van der Waals surface area contributed by atoms with Gasteiger partial charge in [0.05, 0.1) is 6.54 Å². The summed E-state index contributed by atoms with van der Waals surface area (Å²) in [5, 5.41) is 6.13. The summed E-state index contributed by atoms with van der Waals surface area (Å²) in [6.45, 7) is 5.46. The van der Waals surface area contributed by atoms with Crippen LogP contribution in [0.25, 0.3) is 0 Å². The molecule has 0 heterocycles. The minimum Gasteiger partial charge on any atom is -0.325 e. The molecule has 1 aliphatic rings. The van der Waals surface area contributed by atoms with Gasteiger partial charge in [0, 0.05) is 5.69 Å². The Kier molecular flexibility index (Phi) is 3.79. The van der Waals surface area contributed by atoms with E-state index in [9.17, 15) is 4.79 Å². The van der Waals surface area contributed by atoms with E-state index in [2.05, 4.69) is 23.6 Å². The molecule has 0 atom stereocenters. The van der Waals surface area contributed by atoms with E-state index in [4.69, 9.17) is 0 Å². The summed E-state index contributed by atoms with van der Waals surface area (Å²) in [7, 11) is 0. The smallest absolute Gasteiger partial charge is 0.238 e. The molecule has 2 rings (SSSR count). The molecule has 1 aromatic carbocycles. The van der Waals surface area contributed by atoms with Gasteiger partial charge in [-0.1, -0.05) is 12.1 Å². The van der Waals surface area contributed by atoms with Gasteiger partial charge in [-0.3, -0.25) is 4.79 Å². The van der Waals surface area contributed by atoms with E-state index >= 15 is 0 Å². The third-order valence-electron chi connectivity index (χ3n) is 3.29. The predicted molar refractivity (Wildman–Crippen MR) is 70.1 cm³/mol. The van der Waals surface area contributed by atoms with Crippen LogP contribution in [0.4, 0.5) is 5.69 Å². The Hall–Kier alpha value is -1.35. The molecule has 0 unspecified atom stereocenters. The first-order valence-corrected chi connectivity index (χ1v) is 6.23. The second-order valence-electron chi connectivity index (χ2n) is 4.87. The summed E-state index contributed by atoms with van der Waals surface area (Å²) >= 11 is 0. The van der Waals surface area contributed by atoms with Crippen LogP contribution < -0.4 is 10.6 Å². The fraction of sp³-hybridized carbons (Fsp3) is 0.500.